The van der Waals surface area contributed by atoms with Crippen molar-refractivity contribution in [3.8, 4) is 16.9 Å². The number of carbonyl (C=O) groups is 1. The van der Waals surface area contributed by atoms with E-state index < -0.39 is 11.7 Å². The van der Waals surface area contributed by atoms with Gasteiger partial charge in [-0.05, 0) is 82.5 Å². The molecule has 0 spiro atoms. The molecular formula is C29H32N4O3. The molecule has 2 aromatic carbocycles. The molecule has 0 unspecified atom stereocenters. The van der Waals surface area contributed by atoms with Gasteiger partial charge in [-0.1, -0.05) is 12.1 Å². The lowest BCUT2D eigenvalue weighted by molar-refractivity contribution is 0.0577. The number of amides is 1. The molecule has 0 saturated carbocycles. The highest BCUT2D eigenvalue weighted by Gasteiger charge is 2.26. The van der Waals surface area contributed by atoms with Crippen molar-refractivity contribution in [3.63, 3.8) is 0 Å². The van der Waals surface area contributed by atoms with Gasteiger partial charge in [0.05, 0.1) is 30.4 Å². The summed E-state index contributed by atoms with van der Waals surface area (Å²) in [7, 11) is 1.64. The molecule has 7 heteroatoms. The van der Waals surface area contributed by atoms with Gasteiger partial charge in [-0.3, -0.25) is 19.9 Å². The maximum absolute atomic E-state index is 13.5. The zero-order valence-corrected chi connectivity index (χ0v) is 21.9. The second-order valence-electron chi connectivity index (χ2n) is 9.93. The van der Waals surface area contributed by atoms with Crippen LogP contribution in [0.5, 0.6) is 5.75 Å². The predicted octanol–water partition coefficient (Wildman–Crippen LogP) is 6.57. The molecule has 2 aromatic heterocycles. The van der Waals surface area contributed by atoms with Crippen LogP contribution in [0.15, 0.2) is 55.0 Å². The number of hydrogen-bond acceptors (Lipinski definition) is 6. The highest BCUT2D eigenvalue weighted by molar-refractivity contribution is 5.90. The number of methoxy groups -OCH3 is 1. The summed E-state index contributed by atoms with van der Waals surface area (Å²) in [6, 6.07) is 12.0. The van der Waals surface area contributed by atoms with Crippen molar-refractivity contribution in [1.82, 2.24) is 15.0 Å². The summed E-state index contributed by atoms with van der Waals surface area (Å²) in [5, 5.41) is 0. The van der Waals surface area contributed by atoms with Crippen molar-refractivity contribution in [2.24, 2.45) is 0 Å². The van der Waals surface area contributed by atoms with Crippen LogP contribution < -0.4 is 9.64 Å². The SMILES string of the molecule is COc1c(C)cnc(CN(C(=O)OC(C)(C)C)c2cc(C)cc(-c3ccc4nccnc4c3)c2)c1C. The third-order valence-electron chi connectivity index (χ3n) is 5.85. The lowest BCUT2D eigenvalue weighted by Gasteiger charge is -2.28. The molecule has 36 heavy (non-hydrogen) atoms. The highest BCUT2D eigenvalue weighted by atomic mass is 16.6. The first-order valence-corrected chi connectivity index (χ1v) is 11.9. The minimum atomic E-state index is -0.646. The minimum absolute atomic E-state index is 0.240. The fraction of sp³-hybridized carbons (Fsp3) is 0.310. The summed E-state index contributed by atoms with van der Waals surface area (Å²) in [5.74, 6) is 0.770. The van der Waals surface area contributed by atoms with Crippen LogP contribution in [-0.4, -0.2) is 33.8 Å². The van der Waals surface area contributed by atoms with Gasteiger partial charge < -0.3 is 9.47 Å². The number of ether oxygens (including phenoxy) is 2. The molecule has 0 radical (unpaired) electrons. The van der Waals surface area contributed by atoms with Gasteiger partial charge in [0.1, 0.15) is 11.4 Å². The molecule has 0 aliphatic heterocycles. The van der Waals surface area contributed by atoms with Gasteiger partial charge in [-0.15, -0.1) is 0 Å². The standard InChI is InChI=1S/C29H32N4O3/c1-18-12-22(21-8-9-24-25(15-21)31-11-10-30-24)14-23(13-18)33(28(34)36-29(4,5)6)17-26-20(3)27(35-7)19(2)16-32-26/h8-16H,17H2,1-7H3. The number of aryl methyl sites for hydroxylation is 2. The number of rotatable bonds is 5. The first-order chi connectivity index (χ1) is 17.1. The van der Waals surface area contributed by atoms with E-state index in [-0.39, 0.29) is 6.54 Å². The summed E-state index contributed by atoms with van der Waals surface area (Å²) in [6.45, 7) is 11.7. The van der Waals surface area contributed by atoms with Crippen LogP contribution in [0, 0.1) is 20.8 Å². The minimum Gasteiger partial charge on any atom is -0.496 e. The van der Waals surface area contributed by atoms with E-state index in [2.05, 4.69) is 21.0 Å². The van der Waals surface area contributed by atoms with Crippen LogP contribution in [0.2, 0.25) is 0 Å². The first-order valence-electron chi connectivity index (χ1n) is 11.9. The van der Waals surface area contributed by atoms with E-state index in [1.165, 1.54) is 0 Å². The summed E-state index contributed by atoms with van der Waals surface area (Å²) in [5.41, 5.74) is 7.28. The Labute approximate surface area is 212 Å². The first kappa shape index (κ1) is 25.1. The quantitative estimate of drug-likeness (QED) is 0.319. The van der Waals surface area contributed by atoms with E-state index in [0.29, 0.717) is 0 Å². The fourth-order valence-corrected chi connectivity index (χ4v) is 4.19. The van der Waals surface area contributed by atoms with Crippen molar-refractivity contribution in [2.75, 3.05) is 12.0 Å². The Morgan fingerprint density at radius 3 is 2.33 bits per heavy atom. The Balaban J connectivity index is 1.80. The van der Waals surface area contributed by atoms with E-state index in [1.807, 2.05) is 71.9 Å². The molecule has 0 fully saturated rings. The molecule has 0 N–H and O–H groups in total. The predicted molar refractivity (Wildman–Crippen MR) is 142 cm³/mol. The Morgan fingerprint density at radius 1 is 0.917 bits per heavy atom. The maximum Gasteiger partial charge on any atom is 0.415 e. The average molecular weight is 485 g/mol. The fourth-order valence-electron chi connectivity index (χ4n) is 4.19. The number of fused-ring (bicyclic) bond motifs is 1. The van der Waals surface area contributed by atoms with Crippen LogP contribution in [0.3, 0.4) is 0 Å². The van der Waals surface area contributed by atoms with E-state index >= 15 is 0 Å². The second kappa shape index (κ2) is 9.93. The van der Waals surface area contributed by atoms with Gasteiger partial charge in [-0.2, -0.15) is 0 Å². The summed E-state index contributed by atoms with van der Waals surface area (Å²) < 4.78 is 11.4. The van der Waals surface area contributed by atoms with E-state index in [4.69, 9.17) is 9.47 Å². The topological polar surface area (TPSA) is 77.4 Å². The third kappa shape index (κ3) is 5.46. The van der Waals surface area contributed by atoms with Crippen molar-refractivity contribution < 1.29 is 14.3 Å². The van der Waals surface area contributed by atoms with Crippen LogP contribution in [-0.2, 0) is 11.3 Å². The Morgan fingerprint density at radius 2 is 1.64 bits per heavy atom. The second-order valence-corrected chi connectivity index (χ2v) is 9.93. The largest absolute Gasteiger partial charge is 0.496 e. The lowest BCUT2D eigenvalue weighted by Crippen LogP contribution is -2.37. The molecule has 7 nitrogen and oxygen atoms in total. The Bertz CT molecular complexity index is 1430. The highest BCUT2D eigenvalue weighted by Crippen LogP contribution is 2.32. The summed E-state index contributed by atoms with van der Waals surface area (Å²) >= 11 is 0. The molecule has 186 valence electrons. The van der Waals surface area contributed by atoms with Gasteiger partial charge >= 0.3 is 6.09 Å². The van der Waals surface area contributed by atoms with E-state index in [1.54, 1.807) is 30.6 Å². The van der Waals surface area contributed by atoms with Crippen molar-refractivity contribution in [3.05, 3.63) is 77.4 Å². The normalized spacial score (nSPS) is 11.4. The van der Waals surface area contributed by atoms with Crippen LogP contribution in [0.1, 0.15) is 43.2 Å². The van der Waals surface area contributed by atoms with Crippen molar-refractivity contribution >= 4 is 22.8 Å². The van der Waals surface area contributed by atoms with Gasteiger partial charge in [0.25, 0.3) is 0 Å². The molecule has 1 amide bonds. The molecule has 0 saturated heterocycles. The van der Waals surface area contributed by atoms with Crippen LogP contribution in [0.4, 0.5) is 10.5 Å². The number of nitrogens with zero attached hydrogens (tertiary/aromatic N) is 4. The summed E-state index contributed by atoms with van der Waals surface area (Å²) in [4.78, 5) is 28.5. The molecule has 0 bridgehead atoms. The van der Waals surface area contributed by atoms with Gasteiger partial charge in [0.2, 0.25) is 0 Å². The van der Waals surface area contributed by atoms with Gasteiger partial charge in [-0.25, -0.2) is 4.79 Å². The number of aromatic nitrogens is 3. The molecule has 4 aromatic rings. The van der Waals surface area contributed by atoms with Gasteiger partial charge in [0.15, 0.2) is 0 Å². The molecule has 2 heterocycles. The number of hydrogen-bond donors (Lipinski definition) is 0. The molecule has 0 atom stereocenters. The van der Waals surface area contributed by atoms with Crippen LogP contribution in [0.25, 0.3) is 22.2 Å². The maximum atomic E-state index is 13.5. The monoisotopic (exact) mass is 484 g/mol. The summed E-state index contributed by atoms with van der Waals surface area (Å²) in [6.07, 6.45) is 4.70. The van der Waals surface area contributed by atoms with Crippen molar-refractivity contribution in [2.45, 2.75) is 53.7 Å². The Kier molecular flexibility index (Phi) is 6.93. The van der Waals surface area contributed by atoms with E-state index in [9.17, 15) is 4.79 Å². The van der Waals surface area contributed by atoms with E-state index in [0.717, 1.165) is 56.0 Å². The zero-order chi connectivity index (χ0) is 26.0. The molecule has 0 aliphatic carbocycles. The number of carbonyl (C=O) groups excluding carboxylic acids is 1. The number of benzene rings is 2. The molecular weight excluding hydrogens is 452 g/mol. The third-order valence-corrected chi connectivity index (χ3v) is 5.85. The molecule has 0 aliphatic rings. The lowest BCUT2D eigenvalue weighted by atomic mass is 10.0. The zero-order valence-electron chi connectivity index (χ0n) is 21.9. The Hall–Kier alpha value is -4.00. The average Bonchev–Trinajstić information content (AvgIpc) is 2.82. The van der Waals surface area contributed by atoms with Crippen LogP contribution >= 0.6 is 0 Å². The van der Waals surface area contributed by atoms with Crippen molar-refractivity contribution in [1.29, 1.82) is 0 Å². The van der Waals surface area contributed by atoms with Gasteiger partial charge in [0, 0.05) is 35.4 Å². The smallest absolute Gasteiger partial charge is 0.415 e. The molecule has 4 rings (SSSR count). The number of pyridine rings is 1. The number of anilines is 1.